The molecule has 0 aliphatic heterocycles. The van der Waals surface area contributed by atoms with Crippen LogP contribution in [0.5, 0.6) is 0 Å². The molecular weight excluding hydrogens is 222 g/mol. The van der Waals surface area contributed by atoms with Gasteiger partial charge >= 0.3 is 5.97 Å². The molecule has 0 spiro atoms. The van der Waals surface area contributed by atoms with Gasteiger partial charge in [0.2, 0.25) is 0 Å². The molecule has 0 saturated carbocycles. The van der Waals surface area contributed by atoms with E-state index in [1.54, 1.807) is 0 Å². The van der Waals surface area contributed by atoms with Gasteiger partial charge in [-0.3, -0.25) is 0 Å². The standard InChI is InChI=1S/C7H5N3O4S/c8-10-9-6-4(7(11)12)2-1-3-5(6)15(13)14/h1-3H,(H,11,12)(H,13,14). The fourth-order valence-corrected chi connectivity index (χ4v) is 1.49. The van der Waals surface area contributed by atoms with E-state index in [1.807, 2.05) is 0 Å². The van der Waals surface area contributed by atoms with E-state index in [0.29, 0.717) is 0 Å². The van der Waals surface area contributed by atoms with Crippen molar-refractivity contribution in [3.05, 3.63) is 34.2 Å². The van der Waals surface area contributed by atoms with Crippen molar-refractivity contribution in [1.82, 2.24) is 0 Å². The van der Waals surface area contributed by atoms with Gasteiger partial charge in [-0.15, -0.1) is 0 Å². The number of aromatic carboxylic acids is 1. The Kier molecular flexibility index (Phi) is 3.40. The second-order valence-electron chi connectivity index (χ2n) is 2.40. The van der Waals surface area contributed by atoms with Gasteiger partial charge in [-0.1, -0.05) is 11.2 Å². The Morgan fingerprint density at radius 2 is 2.20 bits per heavy atom. The molecule has 1 aromatic rings. The Bertz CT molecular complexity index is 449. The van der Waals surface area contributed by atoms with Gasteiger partial charge in [0, 0.05) is 4.91 Å². The molecular formula is C7H5N3O4S. The molecule has 8 heteroatoms. The smallest absolute Gasteiger partial charge is 0.336 e. The Morgan fingerprint density at radius 3 is 2.67 bits per heavy atom. The van der Waals surface area contributed by atoms with Crippen LogP contribution in [0.1, 0.15) is 10.4 Å². The third-order valence-electron chi connectivity index (χ3n) is 1.56. The summed E-state index contributed by atoms with van der Waals surface area (Å²) in [4.78, 5) is 12.9. The fourth-order valence-electron chi connectivity index (χ4n) is 0.984. The highest BCUT2D eigenvalue weighted by Gasteiger charge is 2.15. The molecule has 7 nitrogen and oxygen atoms in total. The van der Waals surface area contributed by atoms with Gasteiger partial charge in [-0.25, -0.2) is 9.00 Å². The van der Waals surface area contributed by atoms with Crippen molar-refractivity contribution >= 4 is 22.7 Å². The second-order valence-corrected chi connectivity index (χ2v) is 3.33. The third-order valence-corrected chi connectivity index (χ3v) is 2.27. The molecule has 2 N–H and O–H groups in total. The van der Waals surface area contributed by atoms with E-state index in [9.17, 15) is 9.00 Å². The van der Waals surface area contributed by atoms with E-state index < -0.39 is 17.0 Å². The summed E-state index contributed by atoms with van der Waals surface area (Å²) in [7, 11) is 0. The Labute approximate surface area is 86.3 Å². The number of azide groups is 1. The molecule has 0 bridgehead atoms. The van der Waals surface area contributed by atoms with Crippen LogP contribution < -0.4 is 0 Å². The van der Waals surface area contributed by atoms with Crippen molar-refractivity contribution in [1.29, 1.82) is 0 Å². The van der Waals surface area contributed by atoms with E-state index in [2.05, 4.69) is 10.0 Å². The van der Waals surface area contributed by atoms with Crippen LogP contribution in [0.15, 0.2) is 28.2 Å². The van der Waals surface area contributed by atoms with Crippen molar-refractivity contribution in [3.8, 4) is 0 Å². The van der Waals surface area contributed by atoms with Gasteiger partial charge in [-0.05, 0) is 17.7 Å². The lowest BCUT2D eigenvalue weighted by molar-refractivity contribution is 0.0697. The lowest BCUT2D eigenvalue weighted by Crippen LogP contribution is -1.99. The van der Waals surface area contributed by atoms with Crippen molar-refractivity contribution in [2.75, 3.05) is 0 Å². The summed E-state index contributed by atoms with van der Waals surface area (Å²) in [5.74, 6) is -1.33. The summed E-state index contributed by atoms with van der Waals surface area (Å²) in [6.45, 7) is 0. The Morgan fingerprint density at radius 1 is 1.53 bits per heavy atom. The minimum Gasteiger partial charge on any atom is -0.478 e. The summed E-state index contributed by atoms with van der Waals surface area (Å²) in [6.07, 6.45) is 0. The molecule has 15 heavy (non-hydrogen) atoms. The number of rotatable bonds is 3. The highest BCUT2D eigenvalue weighted by atomic mass is 32.2. The number of carbonyl (C=O) groups is 1. The van der Waals surface area contributed by atoms with Gasteiger partial charge < -0.3 is 9.66 Å². The predicted octanol–water partition coefficient (Wildman–Crippen LogP) is 1.91. The maximum absolute atomic E-state index is 10.8. The molecule has 0 saturated heterocycles. The summed E-state index contributed by atoms with van der Waals surface area (Å²) in [5, 5.41) is 11.8. The molecule has 1 aromatic carbocycles. The van der Waals surface area contributed by atoms with Crippen LogP contribution in [-0.4, -0.2) is 19.8 Å². The van der Waals surface area contributed by atoms with Crippen LogP contribution in [0.4, 0.5) is 5.69 Å². The summed E-state index contributed by atoms with van der Waals surface area (Å²) in [6, 6.07) is 3.69. The predicted molar refractivity (Wildman–Crippen MR) is 51.2 cm³/mol. The first-order valence-corrected chi connectivity index (χ1v) is 4.71. The number of hydrogen-bond donors (Lipinski definition) is 2. The van der Waals surface area contributed by atoms with Crippen LogP contribution in [-0.2, 0) is 11.1 Å². The molecule has 1 atom stereocenters. The molecule has 0 radical (unpaired) electrons. The van der Waals surface area contributed by atoms with Gasteiger partial charge in [0.05, 0.1) is 16.1 Å². The van der Waals surface area contributed by atoms with Crippen LogP contribution >= 0.6 is 0 Å². The molecule has 78 valence electrons. The Balaban J connectivity index is 3.55. The minimum atomic E-state index is -2.40. The number of hydrogen-bond acceptors (Lipinski definition) is 3. The fraction of sp³-hybridized carbons (Fsp3) is 0. The average molecular weight is 227 g/mol. The van der Waals surface area contributed by atoms with Gasteiger partial charge in [-0.2, -0.15) is 0 Å². The Hall–Kier alpha value is -1.89. The summed E-state index contributed by atoms with van der Waals surface area (Å²) < 4.78 is 19.6. The van der Waals surface area contributed by atoms with E-state index in [0.717, 1.165) is 0 Å². The molecule has 1 unspecified atom stereocenters. The molecule has 1 rings (SSSR count). The van der Waals surface area contributed by atoms with Crippen molar-refractivity contribution in [2.24, 2.45) is 5.11 Å². The molecule has 0 amide bonds. The normalized spacial score (nSPS) is 11.5. The maximum Gasteiger partial charge on any atom is 0.336 e. The largest absolute Gasteiger partial charge is 0.478 e. The maximum atomic E-state index is 10.8. The van der Waals surface area contributed by atoms with Crippen LogP contribution in [0, 0.1) is 0 Å². The molecule has 0 fully saturated rings. The van der Waals surface area contributed by atoms with Crippen molar-refractivity contribution in [2.45, 2.75) is 4.90 Å². The van der Waals surface area contributed by atoms with E-state index in [-0.39, 0.29) is 16.1 Å². The van der Waals surface area contributed by atoms with Gasteiger partial charge in [0.25, 0.3) is 0 Å². The molecule has 0 aliphatic rings. The van der Waals surface area contributed by atoms with Crippen molar-refractivity contribution < 1.29 is 18.7 Å². The van der Waals surface area contributed by atoms with Crippen LogP contribution in [0.2, 0.25) is 0 Å². The highest BCUT2D eigenvalue weighted by Crippen LogP contribution is 2.27. The van der Waals surface area contributed by atoms with Crippen LogP contribution in [0.25, 0.3) is 10.4 Å². The number of nitrogens with zero attached hydrogens (tertiary/aromatic N) is 3. The second kappa shape index (κ2) is 4.56. The minimum absolute atomic E-state index is 0.229. The van der Waals surface area contributed by atoms with Crippen molar-refractivity contribution in [3.63, 3.8) is 0 Å². The monoisotopic (exact) mass is 227 g/mol. The van der Waals surface area contributed by atoms with E-state index >= 15 is 0 Å². The van der Waals surface area contributed by atoms with E-state index in [4.69, 9.17) is 15.2 Å². The van der Waals surface area contributed by atoms with Gasteiger partial charge in [0.15, 0.2) is 11.1 Å². The van der Waals surface area contributed by atoms with Gasteiger partial charge in [0.1, 0.15) is 0 Å². The van der Waals surface area contributed by atoms with Crippen LogP contribution in [0.3, 0.4) is 0 Å². The lowest BCUT2D eigenvalue weighted by Gasteiger charge is -2.03. The highest BCUT2D eigenvalue weighted by molar-refractivity contribution is 7.79. The first-order valence-electron chi connectivity index (χ1n) is 3.60. The zero-order valence-electron chi connectivity index (χ0n) is 7.19. The number of carboxylic acid groups (broad SMARTS) is 1. The number of carboxylic acids is 1. The summed E-state index contributed by atoms with van der Waals surface area (Å²) >= 11 is -2.40. The average Bonchev–Trinajstić information content (AvgIpc) is 2.17. The quantitative estimate of drug-likeness (QED) is 0.354. The third kappa shape index (κ3) is 2.32. The zero-order valence-corrected chi connectivity index (χ0v) is 8.01. The molecule has 0 heterocycles. The zero-order chi connectivity index (χ0) is 11.4. The summed E-state index contributed by atoms with van der Waals surface area (Å²) in [5.41, 5.74) is 7.57. The first kappa shape index (κ1) is 11.2. The van der Waals surface area contributed by atoms with E-state index in [1.165, 1.54) is 18.2 Å². The first-order chi connectivity index (χ1) is 7.07. The lowest BCUT2D eigenvalue weighted by atomic mass is 10.2. The topological polar surface area (TPSA) is 123 Å². The number of benzene rings is 1. The molecule has 0 aliphatic carbocycles. The SMILES string of the molecule is [N-]=[N+]=Nc1c(C(=O)O)cccc1S(=O)O. The molecule has 0 aromatic heterocycles.